The highest BCUT2D eigenvalue weighted by Gasteiger charge is 2.09. The first-order valence-electron chi connectivity index (χ1n) is 4.51. The van der Waals surface area contributed by atoms with Crippen molar-refractivity contribution in [3.8, 4) is 5.75 Å². The highest BCUT2D eigenvalue weighted by molar-refractivity contribution is 5.66. The highest BCUT2D eigenvalue weighted by atomic mass is 16.5. The van der Waals surface area contributed by atoms with Gasteiger partial charge in [0.1, 0.15) is 5.76 Å². The van der Waals surface area contributed by atoms with E-state index in [1.54, 1.807) is 0 Å². The van der Waals surface area contributed by atoms with Crippen molar-refractivity contribution in [1.82, 2.24) is 0 Å². The Labute approximate surface area is 86.3 Å². The van der Waals surface area contributed by atoms with Crippen LogP contribution in [0.1, 0.15) is 18.6 Å². The molecule has 1 N–H and O–H groups in total. The van der Waals surface area contributed by atoms with Crippen LogP contribution >= 0.6 is 0 Å². The summed E-state index contributed by atoms with van der Waals surface area (Å²) < 4.78 is 9.97. The van der Waals surface area contributed by atoms with Crippen molar-refractivity contribution in [1.29, 1.82) is 0 Å². The summed E-state index contributed by atoms with van der Waals surface area (Å²) in [7, 11) is 1.38. The molecular weight excluding hydrogens is 200 g/mol. The highest BCUT2D eigenvalue weighted by Crippen LogP contribution is 2.14. The minimum Gasteiger partial charge on any atom is -0.490 e. The topological polar surface area (TPSA) is 76.7 Å². The number of methoxy groups -OCH3 is 1. The molecular formula is C10H12O5. The zero-order valence-electron chi connectivity index (χ0n) is 8.36. The first-order chi connectivity index (χ1) is 7.15. The summed E-state index contributed by atoms with van der Waals surface area (Å²) in [4.78, 5) is 21.6. The number of hydrogen-bond donors (Lipinski definition) is 1. The van der Waals surface area contributed by atoms with E-state index >= 15 is 0 Å². The van der Waals surface area contributed by atoms with Crippen molar-refractivity contribution in [3.63, 3.8) is 0 Å². The molecule has 0 aliphatic rings. The Morgan fingerprint density at radius 1 is 1.60 bits per heavy atom. The molecule has 5 heteroatoms. The van der Waals surface area contributed by atoms with Gasteiger partial charge in [-0.1, -0.05) is 0 Å². The molecule has 0 atom stereocenters. The van der Waals surface area contributed by atoms with Gasteiger partial charge < -0.3 is 14.3 Å². The van der Waals surface area contributed by atoms with Crippen LogP contribution in [0.3, 0.4) is 0 Å². The molecule has 1 aromatic heterocycles. The molecule has 1 aromatic rings. The molecule has 82 valence electrons. The molecule has 0 saturated heterocycles. The van der Waals surface area contributed by atoms with Crippen molar-refractivity contribution in [2.24, 2.45) is 0 Å². The normalized spacial score (nSPS) is 9.93. The second-order valence-corrected chi connectivity index (χ2v) is 2.99. The fourth-order valence-electron chi connectivity index (χ4n) is 1.23. The monoisotopic (exact) mass is 212 g/mol. The summed E-state index contributed by atoms with van der Waals surface area (Å²) >= 11 is 0. The van der Waals surface area contributed by atoms with Crippen LogP contribution < -0.4 is 10.2 Å². The lowest BCUT2D eigenvalue weighted by Crippen LogP contribution is -2.07. The van der Waals surface area contributed by atoms with Crippen LogP contribution in [0.5, 0.6) is 5.75 Å². The van der Waals surface area contributed by atoms with E-state index in [0.717, 1.165) is 0 Å². The van der Waals surface area contributed by atoms with Gasteiger partial charge in [0.05, 0.1) is 13.4 Å². The van der Waals surface area contributed by atoms with Crippen molar-refractivity contribution >= 4 is 5.97 Å². The van der Waals surface area contributed by atoms with Gasteiger partial charge in [-0.05, 0) is 6.42 Å². The Balaban J connectivity index is 2.72. The largest absolute Gasteiger partial charge is 0.490 e. The van der Waals surface area contributed by atoms with Crippen LogP contribution in [-0.2, 0) is 11.2 Å². The standard InChI is InChI=1S/C10H12O5/c1-14-10-7(11)5-6-15-8(10)3-2-4-9(12)13/h5-6H,2-4H2,1H3,(H,12,13). The average Bonchev–Trinajstić information content (AvgIpc) is 2.17. The molecule has 1 rings (SSSR count). The predicted molar refractivity (Wildman–Crippen MR) is 52.1 cm³/mol. The second kappa shape index (κ2) is 5.19. The Hall–Kier alpha value is -1.78. The Morgan fingerprint density at radius 2 is 2.33 bits per heavy atom. The van der Waals surface area contributed by atoms with Crippen LogP contribution in [0.15, 0.2) is 21.5 Å². The third-order valence-electron chi connectivity index (χ3n) is 1.91. The fourth-order valence-corrected chi connectivity index (χ4v) is 1.23. The molecule has 0 bridgehead atoms. The van der Waals surface area contributed by atoms with Gasteiger partial charge in [0.2, 0.25) is 11.2 Å². The first-order valence-corrected chi connectivity index (χ1v) is 4.51. The number of aliphatic carboxylic acids is 1. The van der Waals surface area contributed by atoms with E-state index in [1.807, 2.05) is 0 Å². The second-order valence-electron chi connectivity index (χ2n) is 2.99. The Kier molecular flexibility index (Phi) is 3.91. The van der Waals surface area contributed by atoms with Gasteiger partial charge in [0, 0.05) is 18.9 Å². The third-order valence-corrected chi connectivity index (χ3v) is 1.91. The number of carboxylic acid groups (broad SMARTS) is 1. The van der Waals surface area contributed by atoms with Gasteiger partial charge in [-0.25, -0.2) is 0 Å². The molecule has 0 aliphatic heterocycles. The number of carboxylic acids is 1. The minimum absolute atomic E-state index is 0.0434. The Morgan fingerprint density at radius 3 is 2.93 bits per heavy atom. The lowest BCUT2D eigenvalue weighted by atomic mass is 10.2. The van der Waals surface area contributed by atoms with Gasteiger partial charge >= 0.3 is 5.97 Å². The average molecular weight is 212 g/mol. The first kappa shape index (κ1) is 11.3. The lowest BCUT2D eigenvalue weighted by Gasteiger charge is -2.04. The van der Waals surface area contributed by atoms with Crippen molar-refractivity contribution in [2.45, 2.75) is 19.3 Å². The van der Waals surface area contributed by atoms with Crippen molar-refractivity contribution < 1.29 is 19.1 Å². The van der Waals surface area contributed by atoms with Gasteiger partial charge in [0.25, 0.3) is 0 Å². The maximum Gasteiger partial charge on any atom is 0.303 e. The quantitative estimate of drug-likeness (QED) is 0.789. The van der Waals surface area contributed by atoms with E-state index in [-0.39, 0.29) is 17.6 Å². The van der Waals surface area contributed by atoms with Crippen LogP contribution in [0.4, 0.5) is 0 Å². The van der Waals surface area contributed by atoms with Crippen molar-refractivity contribution in [3.05, 3.63) is 28.3 Å². The molecule has 5 nitrogen and oxygen atoms in total. The van der Waals surface area contributed by atoms with Gasteiger partial charge in [0.15, 0.2) is 0 Å². The fraction of sp³-hybridized carbons (Fsp3) is 0.400. The summed E-state index contributed by atoms with van der Waals surface area (Å²) in [5.74, 6) is -0.318. The van der Waals surface area contributed by atoms with E-state index in [1.165, 1.54) is 19.4 Å². The minimum atomic E-state index is -0.868. The molecule has 0 unspecified atom stereocenters. The van der Waals surface area contributed by atoms with Crippen LogP contribution in [0, 0.1) is 0 Å². The lowest BCUT2D eigenvalue weighted by molar-refractivity contribution is -0.137. The molecule has 15 heavy (non-hydrogen) atoms. The molecule has 0 radical (unpaired) electrons. The number of aryl methyl sites for hydroxylation is 1. The molecule has 0 aromatic carbocycles. The molecule has 1 heterocycles. The number of hydrogen-bond acceptors (Lipinski definition) is 4. The summed E-state index contributed by atoms with van der Waals surface area (Å²) in [6.07, 6.45) is 2.12. The van der Waals surface area contributed by atoms with Gasteiger partial charge in [-0.2, -0.15) is 0 Å². The number of carbonyl (C=O) groups is 1. The summed E-state index contributed by atoms with van der Waals surface area (Å²) in [5, 5.41) is 8.45. The van der Waals surface area contributed by atoms with Crippen molar-refractivity contribution in [2.75, 3.05) is 7.11 Å². The Bertz CT molecular complexity index is 393. The SMILES string of the molecule is COc1c(CCCC(=O)O)occc1=O. The molecule has 0 spiro atoms. The van der Waals surface area contributed by atoms with Crippen LogP contribution in [0.25, 0.3) is 0 Å². The maximum atomic E-state index is 11.3. The smallest absolute Gasteiger partial charge is 0.303 e. The van der Waals surface area contributed by atoms with Gasteiger partial charge in [-0.15, -0.1) is 0 Å². The molecule has 0 amide bonds. The van der Waals surface area contributed by atoms with Crippen LogP contribution in [-0.4, -0.2) is 18.2 Å². The van der Waals surface area contributed by atoms with E-state index in [2.05, 4.69) is 0 Å². The molecule has 0 fully saturated rings. The van der Waals surface area contributed by atoms with E-state index < -0.39 is 5.97 Å². The zero-order valence-corrected chi connectivity index (χ0v) is 8.36. The summed E-state index contributed by atoms with van der Waals surface area (Å²) in [6, 6.07) is 1.26. The maximum absolute atomic E-state index is 11.3. The third kappa shape index (κ3) is 3.12. The number of rotatable bonds is 5. The zero-order chi connectivity index (χ0) is 11.3. The number of ether oxygens (including phenoxy) is 1. The summed E-state index contributed by atoms with van der Waals surface area (Å²) in [6.45, 7) is 0. The van der Waals surface area contributed by atoms with E-state index in [9.17, 15) is 9.59 Å². The van der Waals surface area contributed by atoms with Gasteiger partial charge in [-0.3, -0.25) is 9.59 Å². The molecule has 0 saturated carbocycles. The van der Waals surface area contributed by atoms with Crippen LogP contribution in [0.2, 0.25) is 0 Å². The van der Waals surface area contributed by atoms with E-state index in [0.29, 0.717) is 18.6 Å². The summed E-state index contributed by atoms with van der Waals surface area (Å²) in [5.41, 5.74) is -0.255. The predicted octanol–water partition coefficient (Wildman–Crippen LogP) is 1.06. The van der Waals surface area contributed by atoms with E-state index in [4.69, 9.17) is 14.3 Å². The molecule has 0 aliphatic carbocycles.